The maximum atomic E-state index is 5.65. The van der Waals surface area contributed by atoms with Gasteiger partial charge in [0.25, 0.3) is 0 Å². The third-order valence-electron chi connectivity index (χ3n) is 2.98. The van der Waals surface area contributed by atoms with Crippen molar-refractivity contribution in [1.29, 1.82) is 0 Å². The first kappa shape index (κ1) is 21.0. The molecular formula is C17H30IN3O. The molecule has 4 nitrogen and oxygen atoms in total. The van der Waals surface area contributed by atoms with Crippen molar-refractivity contribution in [2.45, 2.75) is 33.6 Å². The van der Waals surface area contributed by atoms with E-state index in [9.17, 15) is 0 Å². The number of hydrogen-bond donors (Lipinski definition) is 2. The number of guanidine groups is 1. The van der Waals surface area contributed by atoms with E-state index >= 15 is 0 Å². The van der Waals surface area contributed by atoms with Gasteiger partial charge in [0.2, 0.25) is 0 Å². The van der Waals surface area contributed by atoms with Crippen molar-refractivity contribution in [1.82, 2.24) is 10.6 Å². The van der Waals surface area contributed by atoms with Crippen LogP contribution in [-0.2, 0) is 6.42 Å². The summed E-state index contributed by atoms with van der Waals surface area (Å²) in [4.78, 5) is 4.22. The Hall–Kier alpha value is -0.980. The van der Waals surface area contributed by atoms with E-state index in [1.807, 2.05) is 12.1 Å². The van der Waals surface area contributed by atoms with Gasteiger partial charge in [-0.3, -0.25) is 4.99 Å². The summed E-state index contributed by atoms with van der Waals surface area (Å²) in [6.45, 7) is 9.04. The van der Waals surface area contributed by atoms with Crippen molar-refractivity contribution < 1.29 is 4.74 Å². The molecule has 0 unspecified atom stereocenters. The first-order valence-corrected chi connectivity index (χ1v) is 7.82. The molecule has 126 valence electrons. The Kier molecular flexibility index (Phi) is 12.0. The number of ether oxygens (including phenoxy) is 1. The van der Waals surface area contributed by atoms with Crippen LogP contribution >= 0.6 is 24.0 Å². The molecule has 0 aliphatic heterocycles. The second-order valence-electron chi connectivity index (χ2n) is 5.52. The molecule has 0 atom stereocenters. The highest BCUT2D eigenvalue weighted by Crippen LogP contribution is 2.13. The molecule has 0 saturated heterocycles. The summed E-state index contributed by atoms with van der Waals surface area (Å²) in [5.74, 6) is 2.43. The highest BCUT2D eigenvalue weighted by molar-refractivity contribution is 14.0. The largest absolute Gasteiger partial charge is 0.494 e. The number of aliphatic imine (C=N–C) groups is 1. The minimum Gasteiger partial charge on any atom is -0.494 e. The Morgan fingerprint density at radius 3 is 2.68 bits per heavy atom. The fourth-order valence-corrected chi connectivity index (χ4v) is 1.86. The highest BCUT2D eigenvalue weighted by Gasteiger charge is 2.00. The summed E-state index contributed by atoms with van der Waals surface area (Å²) in [6, 6.07) is 8.30. The Labute approximate surface area is 152 Å². The Bertz CT molecular complexity index is 436. The predicted molar refractivity (Wildman–Crippen MR) is 106 cm³/mol. The van der Waals surface area contributed by atoms with Crippen molar-refractivity contribution in [3.05, 3.63) is 29.8 Å². The minimum absolute atomic E-state index is 0. The van der Waals surface area contributed by atoms with Crippen LogP contribution in [0.5, 0.6) is 5.75 Å². The van der Waals surface area contributed by atoms with E-state index in [0.717, 1.165) is 44.2 Å². The van der Waals surface area contributed by atoms with E-state index in [4.69, 9.17) is 4.74 Å². The quantitative estimate of drug-likeness (QED) is 0.386. The lowest BCUT2D eigenvalue weighted by atomic mass is 10.1. The second kappa shape index (κ2) is 12.6. The van der Waals surface area contributed by atoms with Crippen LogP contribution < -0.4 is 15.4 Å². The first-order valence-electron chi connectivity index (χ1n) is 7.82. The summed E-state index contributed by atoms with van der Waals surface area (Å²) in [6.07, 6.45) is 1.98. The smallest absolute Gasteiger partial charge is 0.190 e. The van der Waals surface area contributed by atoms with Crippen molar-refractivity contribution in [3.63, 3.8) is 0 Å². The first-order chi connectivity index (χ1) is 10.2. The average molecular weight is 419 g/mol. The highest BCUT2D eigenvalue weighted by atomic mass is 127. The van der Waals surface area contributed by atoms with Crippen LogP contribution in [0.3, 0.4) is 0 Å². The average Bonchev–Trinajstić information content (AvgIpc) is 2.49. The van der Waals surface area contributed by atoms with Crippen LogP contribution in [0.15, 0.2) is 29.3 Å². The molecule has 0 saturated carbocycles. The van der Waals surface area contributed by atoms with Gasteiger partial charge in [-0.15, -0.1) is 24.0 Å². The normalized spacial score (nSPS) is 11.0. The van der Waals surface area contributed by atoms with Gasteiger partial charge in [0.05, 0.1) is 6.61 Å². The van der Waals surface area contributed by atoms with Gasteiger partial charge >= 0.3 is 0 Å². The van der Waals surface area contributed by atoms with Crippen LogP contribution in [0.2, 0.25) is 0 Å². The minimum atomic E-state index is 0. The lowest BCUT2D eigenvalue weighted by Crippen LogP contribution is -2.39. The van der Waals surface area contributed by atoms with Crippen LogP contribution in [-0.4, -0.2) is 32.7 Å². The Morgan fingerprint density at radius 1 is 1.27 bits per heavy atom. The van der Waals surface area contributed by atoms with Gasteiger partial charge in [-0.1, -0.05) is 32.9 Å². The number of nitrogens with one attached hydrogen (secondary N) is 2. The molecule has 0 heterocycles. The van der Waals surface area contributed by atoms with Crippen molar-refractivity contribution in [2.24, 2.45) is 10.9 Å². The number of hydrogen-bond acceptors (Lipinski definition) is 2. The van der Waals surface area contributed by atoms with E-state index in [2.05, 4.69) is 48.5 Å². The standard InChI is InChI=1S/C17H29N3O.HI/c1-5-11-21-16-8-6-7-15(12-16)9-10-19-17(18-4)20-13-14(2)3;/h6-8,12,14H,5,9-11,13H2,1-4H3,(H2,18,19,20);1H. The molecule has 0 aliphatic carbocycles. The van der Waals surface area contributed by atoms with E-state index in [1.165, 1.54) is 5.56 Å². The van der Waals surface area contributed by atoms with Gasteiger partial charge < -0.3 is 15.4 Å². The van der Waals surface area contributed by atoms with Gasteiger partial charge in [-0.05, 0) is 36.5 Å². The topological polar surface area (TPSA) is 45.6 Å². The van der Waals surface area contributed by atoms with E-state index in [0.29, 0.717) is 5.92 Å². The van der Waals surface area contributed by atoms with Gasteiger partial charge in [0.15, 0.2) is 5.96 Å². The maximum Gasteiger partial charge on any atom is 0.190 e. The summed E-state index contributed by atoms with van der Waals surface area (Å²) >= 11 is 0. The second-order valence-corrected chi connectivity index (χ2v) is 5.52. The van der Waals surface area contributed by atoms with Crippen LogP contribution in [0, 0.1) is 5.92 Å². The lowest BCUT2D eigenvalue weighted by Gasteiger charge is -2.13. The van der Waals surface area contributed by atoms with Gasteiger partial charge in [0, 0.05) is 20.1 Å². The predicted octanol–water partition coefficient (Wildman–Crippen LogP) is 3.46. The Morgan fingerprint density at radius 2 is 2.05 bits per heavy atom. The zero-order chi connectivity index (χ0) is 15.5. The monoisotopic (exact) mass is 419 g/mol. The van der Waals surface area contributed by atoms with Crippen LogP contribution in [0.25, 0.3) is 0 Å². The molecule has 0 aliphatic rings. The SMILES string of the molecule is CCCOc1cccc(CCNC(=NC)NCC(C)C)c1.I. The summed E-state index contributed by atoms with van der Waals surface area (Å²) in [5, 5.41) is 6.64. The molecule has 22 heavy (non-hydrogen) atoms. The molecule has 0 radical (unpaired) electrons. The van der Waals surface area contributed by atoms with Crippen LogP contribution in [0.4, 0.5) is 0 Å². The Balaban J connectivity index is 0.00000441. The molecule has 5 heteroatoms. The van der Waals surface area contributed by atoms with Crippen LogP contribution in [0.1, 0.15) is 32.8 Å². The number of rotatable bonds is 8. The fraction of sp³-hybridized carbons (Fsp3) is 0.588. The lowest BCUT2D eigenvalue weighted by molar-refractivity contribution is 0.317. The molecule has 1 aromatic carbocycles. The summed E-state index contributed by atoms with van der Waals surface area (Å²) < 4.78 is 5.65. The molecule has 0 amide bonds. The molecule has 0 aromatic heterocycles. The van der Waals surface area contributed by atoms with Gasteiger partial charge in [-0.2, -0.15) is 0 Å². The molecule has 2 N–H and O–H groups in total. The molecule has 0 spiro atoms. The zero-order valence-corrected chi connectivity index (χ0v) is 16.5. The van der Waals surface area contributed by atoms with Gasteiger partial charge in [-0.25, -0.2) is 0 Å². The summed E-state index contributed by atoms with van der Waals surface area (Å²) in [5.41, 5.74) is 1.27. The molecule has 0 bridgehead atoms. The molecule has 1 aromatic rings. The van der Waals surface area contributed by atoms with Gasteiger partial charge in [0.1, 0.15) is 5.75 Å². The third kappa shape index (κ3) is 9.12. The summed E-state index contributed by atoms with van der Waals surface area (Å²) in [7, 11) is 1.80. The van der Waals surface area contributed by atoms with Crippen molar-refractivity contribution in [3.8, 4) is 5.75 Å². The zero-order valence-electron chi connectivity index (χ0n) is 14.2. The maximum absolute atomic E-state index is 5.65. The van der Waals surface area contributed by atoms with E-state index in [1.54, 1.807) is 7.05 Å². The number of halogens is 1. The third-order valence-corrected chi connectivity index (χ3v) is 2.98. The fourth-order valence-electron chi connectivity index (χ4n) is 1.86. The van der Waals surface area contributed by atoms with Crippen molar-refractivity contribution >= 4 is 29.9 Å². The molecular weight excluding hydrogens is 389 g/mol. The van der Waals surface area contributed by atoms with Crippen molar-refractivity contribution in [2.75, 3.05) is 26.7 Å². The van der Waals surface area contributed by atoms with E-state index in [-0.39, 0.29) is 24.0 Å². The number of benzene rings is 1. The van der Waals surface area contributed by atoms with E-state index < -0.39 is 0 Å². The molecule has 0 fully saturated rings. The molecule has 1 rings (SSSR count). The number of nitrogens with zero attached hydrogens (tertiary/aromatic N) is 1.